The van der Waals surface area contributed by atoms with Crippen LogP contribution in [-0.4, -0.2) is 18.2 Å². The average molecular weight is 194 g/mol. The Balaban J connectivity index is 3.22. The quantitative estimate of drug-likeness (QED) is 0.733. The molecule has 1 aromatic rings. The average Bonchev–Trinajstić information content (AvgIpc) is 2.20. The van der Waals surface area contributed by atoms with Gasteiger partial charge in [0.05, 0.1) is 12.7 Å². The number of carbonyl (C=O) groups is 1. The van der Waals surface area contributed by atoms with Crippen molar-refractivity contribution in [2.24, 2.45) is 0 Å². The predicted molar refractivity (Wildman–Crippen MR) is 53.6 cm³/mol. The molecule has 0 atom stereocenters. The SMILES string of the molecule is CCc1cc(C(=O)OC)cc(O)c1C. The predicted octanol–water partition coefficient (Wildman–Crippen LogP) is 2.05. The molecule has 0 bridgehead atoms. The third kappa shape index (κ3) is 1.87. The van der Waals surface area contributed by atoms with Gasteiger partial charge in [-0.1, -0.05) is 6.92 Å². The van der Waals surface area contributed by atoms with Crippen LogP contribution in [0.15, 0.2) is 12.1 Å². The third-order valence-corrected chi connectivity index (χ3v) is 2.29. The van der Waals surface area contributed by atoms with E-state index in [1.54, 1.807) is 6.07 Å². The van der Waals surface area contributed by atoms with Crippen LogP contribution in [0.1, 0.15) is 28.4 Å². The van der Waals surface area contributed by atoms with Crippen LogP contribution in [-0.2, 0) is 11.2 Å². The van der Waals surface area contributed by atoms with Crippen molar-refractivity contribution >= 4 is 5.97 Å². The van der Waals surface area contributed by atoms with Crippen molar-refractivity contribution in [2.45, 2.75) is 20.3 Å². The molecule has 76 valence electrons. The van der Waals surface area contributed by atoms with Crippen LogP contribution in [0.5, 0.6) is 5.75 Å². The fourth-order valence-electron chi connectivity index (χ4n) is 1.36. The number of aromatic hydroxyl groups is 1. The maximum atomic E-state index is 11.2. The smallest absolute Gasteiger partial charge is 0.337 e. The van der Waals surface area contributed by atoms with Crippen molar-refractivity contribution < 1.29 is 14.6 Å². The van der Waals surface area contributed by atoms with E-state index in [0.29, 0.717) is 5.56 Å². The molecule has 0 saturated heterocycles. The first-order valence-corrected chi connectivity index (χ1v) is 4.51. The molecule has 0 aliphatic rings. The molecule has 14 heavy (non-hydrogen) atoms. The second-order valence-electron chi connectivity index (χ2n) is 3.12. The molecule has 1 rings (SSSR count). The van der Waals surface area contributed by atoms with Crippen LogP contribution in [0, 0.1) is 6.92 Å². The minimum Gasteiger partial charge on any atom is -0.508 e. The van der Waals surface area contributed by atoms with Gasteiger partial charge in [0, 0.05) is 0 Å². The van der Waals surface area contributed by atoms with Gasteiger partial charge in [0.15, 0.2) is 0 Å². The first-order chi connectivity index (χ1) is 6.60. The van der Waals surface area contributed by atoms with Crippen LogP contribution < -0.4 is 0 Å². The normalized spacial score (nSPS) is 9.93. The molecule has 3 heteroatoms. The van der Waals surface area contributed by atoms with E-state index in [2.05, 4.69) is 4.74 Å². The Kier molecular flexibility index (Phi) is 3.12. The first-order valence-electron chi connectivity index (χ1n) is 4.51. The third-order valence-electron chi connectivity index (χ3n) is 2.29. The Hall–Kier alpha value is -1.51. The molecule has 0 aliphatic carbocycles. The van der Waals surface area contributed by atoms with Crippen LogP contribution in [0.2, 0.25) is 0 Å². The summed E-state index contributed by atoms with van der Waals surface area (Å²) in [6.45, 7) is 3.80. The van der Waals surface area contributed by atoms with Crippen molar-refractivity contribution in [3.05, 3.63) is 28.8 Å². The van der Waals surface area contributed by atoms with E-state index in [4.69, 9.17) is 0 Å². The lowest BCUT2D eigenvalue weighted by Crippen LogP contribution is -2.02. The number of carbonyl (C=O) groups excluding carboxylic acids is 1. The molecule has 0 aliphatic heterocycles. The van der Waals surface area contributed by atoms with Crippen LogP contribution in [0.25, 0.3) is 0 Å². The van der Waals surface area contributed by atoms with Crippen LogP contribution in [0.3, 0.4) is 0 Å². The zero-order valence-electron chi connectivity index (χ0n) is 8.63. The standard InChI is InChI=1S/C11H14O3/c1-4-8-5-9(11(13)14-3)6-10(12)7(8)2/h5-6,12H,4H2,1-3H3. The number of hydrogen-bond donors (Lipinski definition) is 1. The lowest BCUT2D eigenvalue weighted by molar-refractivity contribution is 0.0600. The molecule has 1 N–H and O–H groups in total. The van der Waals surface area contributed by atoms with E-state index < -0.39 is 5.97 Å². The molecule has 0 heterocycles. The highest BCUT2D eigenvalue weighted by Crippen LogP contribution is 2.23. The number of rotatable bonds is 2. The molecule has 0 radical (unpaired) electrons. The summed E-state index contributed by atoms with van der Waals surface area (Å²) in [4.78, 5) is 11.2. The monoisotopic (exact) mass is 194 g/mol. The van der Waals surface area contributed by atoms with Gasteiger partial charge in [-0.2, -0.15) is 0 Å². The van der Waals surface area contributed by atoms with E-state index in [9.17, 15) is 9.90 Å². The van der Waals surface area contributed by atoms with Crippen LogP contribution in [0.4, 0.5) is 0 Å². The van der Waals surface area contributed by atoms with Gasteiger partial charge in [0.1, 0.15) is 5.75 Å². The Morgan fingerprint density at radius 3 is 2.64 bits per heavy atom. The Labute approximate surface area is 83.3 Å². The highest BCUT2D eigenvalue weighted by Gasteiger charge is 2.10. The summed E-state index contributed by atoms with van der Waals surface area (Å²) in [6.07, 6.45) is 0.782. The largest absolute Gasteiger partial charge is 0.508 e. The zero-order chi connectivity index (χ0) is 10.7. The van der Waals surface area contributed by atoms with Gasteiger partial charge in [-0.3, -0.25) is 0 Å². The number of methoxy groups -OCH3 is 1. The van der Waals surface area contributed by atoms with Crippen molar-refractivity contribution in [3.8, 4) is 5.75 Å². The summed E-state index contributed by atoms with van der Waals surface area (Å²) >= 11 is 0. The summed E-state index contributed by atoms with van der Waals surface area (Å²) in [5.41, 5.74) is 2.18. The van der Waals surface area contributed by atoms with E-state index in [0.717, 1.165) is 17.5 Å². The zero-order valence-corrected chi connectivity index (χ0v) is 8.63. The van der Waals surface area contributed by atoms with Gasteiger partial charge in [-0.05, 0) is 36.6 Å². The molecular weight excluding hydrogens is 180 g/mol. The number of ether oxygens (including phenoxy) is 1. The molecule has 0 spiro atoms. The minimum absolute atomic E-state index is 0.143. The molecule has 1 aromatic carbocycles. The second kappa shape index (κ2) is 4.13. The Bertz CT molecular complexity index is 356. The van der Waals surface area contributed by atoms with Crippen molar-refractivity contribution in [2.75, 3.05) is 7.11 Å². The van der Waals surface area contributed by atoms with Crippen molar-refractivity contribution in [1.82, 2.24) is 0 Å². The maximum absolute atomic E-state index is 11.2. The summed E-state index contributed by atoms with van der Waals surface area (Å²) < 4.78 is 4.58. The van der Waals surface area contributed by atoms with Gasteiger partial charge in [-0.15, -0.1) is 0 Å². The van der Waals surface area contributed by atoms with Gasteiger partial charge in [0.25, 0.3) is 0 Å². The number of phenolic OH excluding ortho intramolecular Hbond substituents is 1. The number of benzene rings is 1. The topological polar surface area (TPSA) is 46.5 Å². The highest BCUT2D eigenvalue weighted by atomic mass is 16.5. The first kappa shape index (κ1) is 10.6. The Morgan fingerprint density at radius 2 is 2.14 bits per heavy atom. The summed E-state index contributed by atoms with van der Waals surface area (Å²) in [5, 5.41) is 9.55. The van der Waals surface area contributed by atoms with Gasteiger partial charge >= 0.3 is 5.97 Å². The summed E-state index contributed by atoms with van der Waals surface area (Å²) in [5.74, 6) is -0.278. The van der Waals surface area contributed by atoms with E-state index in [-0.39, 0.29) is 5.75 Å². The van der Waals surface area contributed by atoms with E-state index in [1.807, 2.05) is 13.8 Å². The number of hydrogen-bond acceptors (Lipinski definition) is 3. The lowest BCUT2D eigenvalue weighted by Gasteiger charge is -2.08. The van der Waals surface area contributed by atoms with Crippen LogP contribution >= 0.6 is 0 Å². The summed E-state index contributed by atoms with van der Waals surface area (Å²) in [7, 11) is 1.32. The molecule has 0 saturated carbocycles. The number of phenols is 1. The maximum Gasteiger partial charge on any atom is 0.337 e. The fraction of sp³-hybridized carbons (Fsp3) is 0.364. The molecule has 0 unspecified atom stereocenters. The molecule has 3 nitrogen and oxygen atoms in total. The van der Waals surface area contributed by atoms with E-state index >= 15 is 0 Å². The second-order valence-corrected chi connectivity index (χ2v) is 3.12. The molecular formula is C11H14O3. The highest BCUT2D eigenvalue weighted by molar-refractivity contribution is 5.90. The fourth-order valence-corrected chi connectivity index (χ4v) is 1.36. The van der Waals surface area contributed by atoms with Crippen molar-refractivity contribution in [3.63, 3.8) is 0 Å². The molecule has 0 aromatic heterocycles. The van der Waals surface area contributed by atoms with Gasteiger partial charge < -0.3 is 9.84 Å². The molecule has 0 fully saturated rings. The van der Waals surface area contributed by atoms with Gasteiger partial charge in [0.2, 0.25) is 0 Å². The summed E-state index contributed by atoms with van der Waals surface area (Å²) in [6, 6.07) is 3.18. The number of aryl methyl sites for hydroxylation is 1. The number of esters is 1. The van der Waals surface area contributed by atoms with Gasteiger partial charge in [-0.25, -0.2) is 4.79 Å². The minimum atomic E-state index is -0.421. The lowest BCUT2D eigenvalue weighted by atomic mass is 10.0. The molecule has 0 amide bonds. The van der Waals surface area contributed by atoms with Crippen molar-refractivity contribution in [1.29, 1.82) is 0 Å². The van der Waals surface area contributed by atoms with E-state index in [1.165, 1.54) is 13.2 Å². The Morgan fingerprint density at radius 1 is 1.50 bits per heavy atom.